The molecule has 0 bridgehead atoms. The van der Waals surface area contributed by atoms with E-state index in [9.17, 15) is 14.9 Å². The van der Waals surface area contributed by atoms with Gasteiger partial charge in [0.05, 0.1) is 11.3 Å². The molecule has 0 radical (unpaired) electrons. The van der Waals surface area contributed by atoms with E-state index in [2.05, 4.69) is 5.32 Å². The molecule has 0 spiro atoms. The number of anilines is 2. The molecule has 2 aromatic rings. The molecule has 0 saturated carbocycles. The van der Waals surface area contributed by atoms with Gasteiger partial charge in [-0.25, -0.2) is 0 Å². The molecule has 2 amide bonds. The van der Waals surface area contributed by atoms with Gasteiger partial charge in [0.1, 0.15) is 11.6 Å². The van der Waals surface area contributed by atoms with Crippen LogP contribution in [0.5, 0.6) is 0 Å². The molecule has 1 aliphatic rings. The smallest absolute Gasteiger partial charge is 0.270 e. The predicted octanol–water partition coefficient (Wildman–Crippen LogP) is 2.58. The minimum Gasteiger partial charge on any atom is -0.366 e. The Morgan fingerprint density at radius 1 is 1.15 bits per heavy atom. The van der Waals surface area contributed by atoms with Crippen molar-refractivity contribution in [1.29, 1.82) is 5.26 Å². The number of rotatable bonds is 4. The molecule has 0 fully saturated rings. The normalized spacial score (nSPS) is 13.5. The average Bonchev–Trinajstić information content (AvgIpc) is 2.68. The Kier molecular flexibility index (Phi) is 4.99. The van der Waals surface area contributed by atoms with Crippen molar-refractivity contribution in [2.45, 2.75) is 12.8 Å². The lowest BCUT2D eigenvalue weighted by atomic mass is 10.0. The van der Waals surface area contributed by atoms with Gasteiger partial charge in [-0.1, -0.05) is 30.3 Å². The Morgan fingerprint density at radius 3 is 2.65 bits per heavy atom. The van der Waals surface area contributed by atoms with E-state index in [0.29, 0.717) is 12.2 Å². The zero-order valence-corrected chi connectivity index (χ0v) is 14.1. The number of benzene rings is 2. The van der Waals surface area contributed by atoms with Crippen molar-refractivity contribution >= 4 is 23.2 Å². The van der Waals surface area contributed by atoms with E-state index in [1.807, 2.05) is 30.3 Å². The first-order valence-electron chi connectivity index (χ1n) is 8.27. The molecule has 3 rings (SSSR count). The van der Waals surface area contributed by atoms with Crippen LogP contribution in [0.25, 0.3) is 0 Å². The fraction of sp³-hybridized carbons (Fsp3) is 0.150. The number of carbonyl (C=O) groups is 2. The van der Waals surface area contributed by atoms with Gasteiger partial charge in [-0.05, 0) is 36.6 Å². The maximum absolute atomic E-state index is 12.8. The van der Waals surface area contributed by atoms with Crippen molar-refractivity contribution in [2.24, 2.45) is 5.73 Å². The molecule has 26 heavy (non-hydrogen) atoms. The van der Waals surface area contributed by atoms with Gasteiger partial charge < -0.3 is 16.0 Å². The van der Waals surface area contributed by atoms with Gasteiger partial charge >= 0.3 is 0 Å². The predicted molar refractivity (Wildman–Crippen MR) is 99.4 cm³/mol. The number of nitrogens with one attached hydrogen (secondary N) is 1. The van der Waals surface area contributed by atoms with Crippen molar-refractivity contribution in [2.75, 3.05) is 16.8 Å². The summed E-state index contributed by atoms with van der Waals surface area (Å²) in [6.07, 6.45) is 3.08. The van der Waals surface area contributed by atoms with Gasteiger partial charge in [0.25, 0.3) is 11.8 Å². The quantitative estimate of drug-likeness (QED) is 0.656. The number of hydrogen-bond acceptors (Lipinski definition) is 4. The lowest BCUT2D eigenvalue weighted by Gasteiger charge is -2.29. The van der Waals surface area contributed by atoms with Crippen LogP contribution in [-0.4, -0.2) is 18.4 Å². The highest BCUT2D eigenvalue weighted by atomic mass is 16.2. The molecule has 0 atom stereocenters. The second-order valence-corrected chi connectivity index (χ2v) is 5.91. The molecule has 3 N–H and O–H groups in total. The van der Waals surface area contributed by atoms with Crippen molar-refractivity contribution in [3.8, 4) is 6.07 Å². The van der Waals surface area contributed by atoms with Gasteiger partial charge in [-0.2, -0.15) is 5.26 Å². The van der Waals surface area contributed by atoms with E-state index in [4.69, 9.17) is 5.73 Å². The van der Waals surface area contributed by atoms with E-state index >= 15 is 0 Å². The summed E-state index contributed by atoms with van der Waals surface area (Å²) in [5, 5.41) is 12.3. The summed E-state index contributed by atoms with van der Waals surface area (Å²) < 4.78 is 0. The van der Waals surface area contributed by atoms with E-state index in [1.54, 1.807) is 29.2 Å². The van der Waals surface area contributed by atoms with Crippen LogP contribution in [0, 0.1) is 11.3 Å². The Balaban J connectivity index is 1.86. The minimum absolute atomic E-state index is 0.0408. The summed E-state index contributed by atoms with van der Waals surface area (Å²) in [5.74, 6) is -0.958. The topological polar surface area (TPSA) is 99.2 Å². The number of carbonyl (C=O) groups excluding carboxylic acids is 2. The number of aryl methyl sites for hydroxylation is 1. The largest absolute Gasteiger partial charge is 0.366 e. The van der Waals surface area contributed by atoms with Crippen LogP contribution in [-0.2, 0) is 11.2 Å². The van der Waals surface area contributed by atoms with Crippen LogP contribution in [0.3, 0.4) is 0 Å². The standard InChI is InChI=1S/C20H18N4O2/c21-12-15(13-23-17-9-3-2-8-16(17)19(22)25)20(26)24-11-5-7-14-6-1-4-10-18(14)24/h1-4,6,8-10,13,23H,5,7,11H2,(H2,22,25)/b15-13-. The van der Waals surface area contributed by atoms with Crippen molar-refractivity contribution < 1.29 is 9.59 Å². The number of nitrogens with two attached hydrogens (primary N) is 1. The van der Waals surface area contributed by atoms with E-state index in [-0.39, 0.29) is 17.0 Å². The van der Waals surface area contributed by atoms with E-state index < -0.39 is 5.91 Å². The molecule has 1 heterocycles. The Labute approximate surface area is 151 Å². The minimum atomic E-state index is -0.587. The first-order valence-corrected chi connectivity index (χ1v) is 8.27. The fourth-order valence-corrected chi connectivity index (χ4v) is 3.01. The highest BCUT2D eigenvalue weighted by Crippen LogP contribution is 2.28. The SMILES string of the molecule is N#C/C(=C/Nc1ccccc1C(N)=O)C(=O)N1CCCc2ccccc21. The number of hydrogen-bond donors (Lipinski definition) is 2. The molecule has 6 heteroatoms. The molecular formula is C20H18N4O2. The number of para-hydroxylation sites is 2. The summed E-state index contributed by atoms with van der Waals surface area (Å²) in [4.78, 5) is 25.9. The molecule has 0 unspecified atom stereocenters. The highest BCUT2D eigenvalue weighted by Gasteiger charge is 2.24. The van der Waals surface area contributed by atoms with Gasteiger partial charge in [-0.15, -0.1) is 0 Å². The Hall–Kier alpha value is -3.59. The van der Waals surface area contributed by atoms with Gasteiger partial charge in [-0.3, -0.25) is 9.59 Å². The monoisotopic (exact) mass is 346 g/mol. The molecule has 6 nitrogen and oxygen atoms in total. The zero-order chi connectivity index (χ0) is 18.5. The Bertz CT molecular complexity index is 927. The summed E-state index contributed by atoms with van der Waals surface area (Å²) >= 11 is 0. The summed E-state index contributed by atoms with van der Waals surface area (Å²) in [5.41, 5.74) is 7.96. The third kappa shape index (κ3) is 3.42. The van der Waals surface area contributed by atoms with Crippen LogP contribution in [0.15, 0.2) is 60.3 Å². The van der Waals surface area contributed by atoms with E-state index in [1.165, 1.54) is 6.20 Å². The molecule has 0 aromatic heterocycles. The van der Waals surface area contributed by atoms with Gasteiger partial charge in [0, 0.05) is 18.4 Å². The summed E-state index contributed by atoms with van der Waals surface area (Å²) in [6, 6.07) is 16.3. The van der Waals surface area contributed by atoms with Gasteiger partial charge in [0.15, 0.2) is 0 Å². The van der Waals surface area contributed by atoms with Crippen LogP contribution < -0.4 is 16.0 Å². The highest BCUT2D eigenvalue weighted by molar-refractivity contribution is 6.09. The molecule has 1 aliphatic heterocycles. The first-order chi connectivity index (χ1) is 12.6. The molecule has 2 aromatic carbocycles. The molecule has 0 aliphatic carbocycles. The second kappa shape index (κ2) is 7.53. The van der Waals surface area contributed by atoms with Crippen LogP contribution >= 0.6 is 0 Å². The fourth-order valence-electron chi connectivity index (χ4n) is 3.01. The molecular weight excluding hydrogens is 328 g/mol. The number of nitriles is 1. The van der Waals surface area contributed by atoms with Crippen molar-refractivity contribution in [1.82, 2.24) is 0 Å². The Morgan fingerprint density at radius 2 is 1.88 bits per heavy atom. The maximum atomic E-state index is 12.8. The molecule has 130 valence electrons. The number of nitrogens with zero attached hydrogens (tertiary/aromatic N) is 2. The summed E-state index contributed by atoms with van der Waals surface area (Å²) in [7, 11) is 0. The molecule has 0 saturated heterocycles. The second-order valence-electron chi connectivity index (χ2n) is 5.91. The van der Waals surface area contributed by atoms with Crippen molar-refractivity contribution in [3.63, 3.8) is 0 Å². The van der Waals surface area contributed by atoms with Crippen molar-refractivity contribution in [3.05, 3.63) is 71.4 Å². The summed E-state index contributed by atoms with van der Waals surface area (Å²) in [6.45, 7) is 0.562. The van der Waals surface area contributed by atoms with Crippen LogP contribution in [0.4, 0.5) is 11.4 Å². The number of primary amides is 1. The first kappa shape index (κ1) is 17.2. The number of amides is 2. The van der Waals surface area contributed by atoms with E-state index in [0.717, 1.165) is 24.1 Å². The van der Waals surface area contributed by atoms with Gasteiger partial charge in [0.2, 0.25) is 0 Å². The lowest BCUT2D eigenvalue weighted by Crippen LogP contribution is -2.36. The lowest BCUT2D eigenvalue weighted by molar-refractivity contribution is -0.114. The van der Waals surface area contributed by atoms with Crippen LogP contribution in [0.2, 0.25) is 0 Å². The van der Waals surface area contributed by atoms with Crippen LogP contribution in [0.1, 0.15) is 22.3 Å². The maximum Gasteiger partial charge on any atom is 0.270 e. The number of fused-ring (bicyclic) bond motifs is 1. The third-order valence-electron chi connectivity index (χ3n) is 4.27. The average molecular weight is 346 g/mol. The third-order valence-corrected chi connectivity index (χ3v) is 4.27. The zero-order valence-electron chi connectivity index (χ0n) is 14.1.